The van der Waals surface area contributed by atoms with Crippen molar-refractivity contribution in [3.8, 4) is 0 Å². The standard InChI is InChI=1S/C15H23N3O/c1-2-19-11-12-4-3-9-18(10-12)14-7-8-16-15(17-14)13-5-6-13/h7-8,12-13H,2-6,9-11H2,1H3. The summed E-state index contributed by atoms with van der Waals surface area (Å²) in [6.45, 7) is 5.95. The second kappa shape index (κ2) is 5.87. The van der Waals surface area contributed by atoms with Gasteiger partial charge in [-0.25, -0.2) is 9.97 Å². The van der Waals surface area contributed by atoms with Crippen molar-refractivity contribution >= 4 is 5.82 Å². The van der Waals surface area contributed by atoms with Gasteiger partial charge in [-0.2, -0.15) is 0 Å². The molecule has 0 N–H and O–H groups in total. The Hall–Kier alpha value is -1.16. The molecule has 1 saturated carbocycles. The molecule has 0 spiro atoms. The molecule has 2 aliphatic rings. The lowest BCUT2D eigenvalue weighted by molar-refractivity contribution is 0.104. The van der Waals surface area contributed by atoms with Crippen LogP contribution in [0.2, 0.25) is 0 Å². The average molecular weight is 261 g/mol. The van der Waals surface area contributed by atoms with Crippen LogP contribution in [0.4, 0.5) is 5.82 Å². The lowest BCUT2D eigenvalue weighted by Crippen LogP contribution is -2.37. The third-order valence-electron chi connectivity index (χ3n) is 4.00. The van der Waals surface area contributed by atoms with Crippen molar-refractivity contribution < 1.29 is 4.74 Å². The van der Waals surface area contributed by atoms with Gasteiger partial charge in [-0.3, -0.25) is 0 Å². The SMILES string of the molecule is CCOCC1CCCN(c2ccnc(C3CC3)n2)C1. The summed E-state index contributed by atoms with van der Waals surface area (Å²) in [5.41, 5.74) is 0. The molecule has 1 saturated heterocycles. The molecule has 0 aromatic carbocycles. The topological polar surface area (TPSA) is 38.2 Å². The van der Waals surface area contributed by atoms with Crippen LogP contribution in [0.3, 0.4) is 0 Å². The summed E-state index contributed by atoms with van der Waals surface area (Å²) < 4.78 is 5.57. The summed E-state index contributed by atoms with van der Waals surface area (Å²) >= 11 is 0. The Balaban J connectivity index is 1.65. The second-order valence-electron chi connectivity index (χ2n) is 5.66. The van der Waals surface area contributed by atoms with Crippen LogP contribution < -0.4 is 4.90 Å². The molecule has 1 aromatic rings. The quantitative estimate of drug-likeness (QED) is 0.816. The van der Waals surface area contributed by atoms with Crippen molar-refractivity contribution in [3.05, 3.63) is 18.1 Å². The molecule has 1 unspecified atom stereocenters. The highest BCUT2D eigenvalue weighted by Gasteiger charge is 2.28. The largest absolute Gasteiger partial charge is 0.381 e. The van der Waals surface area contributed by atoms with Crippen LogP contribution in [-0.2, 0) is 4.74 Å². The second-order valence-corrected chi connectivity index (χ2v) is 5.66. The summed E-state index contributed by atoms with van der Waals surface area (Å²) in [4.78, 5) is 11.6. The molecule has 1 aliphatic heterocycles. The van der Waals surface area contributed by atoms with Gasteiger partial charge in [0, 0.05) is 31.8 Å². The van der Waals surface area contributed by atoms with E-state index in [-0.39, 0.29) is 0 Å². The monoisotopic (exact) mass is 261 g/mol. The Bertz CT molecular complexity index is 420. The maximum Gasteiger partial charge on any atom is 0.133 e. The van der Waals surface area contributed by atoms with Crippen LogP contribution in [0.15, 0.2) is 12.3 Å². The highest BCUT2D eigenvalue weighted by atomic mass is 16.5. The fraction of sp³-hybridized carbons (Fsp3) is 0.733. The van der Waals surface area contributed by atoms with Gasteiger partial charge in [-0.1, -0.05) is 0 Å². The lowest BCUT2D eigenvalue weighted by Gasteiger charge is -2.33. The van der Waals surface area contributed by atoms with Crippen LogP contribution in [-0.4, -0.2) is 36.3 Å². The predicted octanol–water partition coefficient (Wildman–Crippen LogP) is 2.61. The number of anilines is 1. The Morgan fingerprint density at radius 2 is 2.26 bits per heavy atom. The highest BCUT2D eigenvalue weighted by Crippen LogP contribution is 2.38. The number of hydrogen-bond donors (Lipinski definition) is 0. The number of aromatic nitrogens is 2. The smallest absolute Gasteiger partial charge is 0.133 e. The van der Waals surface area contributed by atoms with Gasteiger partial charge in [0.15, 0.2) is 0 Å². The normalized spacial score (nSPS) is 23.6. The third-order valence-corrected chi connectivity index (χ3v) is 4.00. The van der Waals surface area contributed by atoms with E-state index in [9.17, 15) is 0 Å². The summed E-state index contributed by atoms with van der Waals surface area (Å²) in [5.74, 6) is 3.43. The summed E-state index contributed by atoms with van der Waals surface area (Å²) in [6.07, 6.45) is 6.95. The number of ether oxygens (including phenoxy) is 1. The Kier molecular flexibility index (Phi) is 3.97. The Morgan fingerprint density at radius 3 is 3.05 bits per heavy atom. The molecule has 4 heteroatoms. The van der Waals surface area contributed by atoms with Crippen molar-refractivity contribution in [2.75, 3.05) is 31.2 Å². The molecule has 1 atom stereocenters. The molecule has 104 valence electrons. The van der Waals surface area contributed by atoms with E-state index < -0.39 is 0 Å². The van der Waals surface area contributed by atoms with E-state index in [0.29, 0.717) is 11.8 Å². The summed E-state index contributed by atoms with van der Waals surface area (Å²) in [5, 5.41) is 0. The molecule has 2 heterocycles. The van der Waals surface area contributed by atoms with E-state index >= 15 is 0 Å². The van der Waals surface area contributed by atoms with E-state index in [0.717, 1.165) is 37.9 Å². The van der Waals surface area contributed by atoms with E-state index in [1.54, 1.807) is 0 Å². The maximum absolute atomic E-state index is 5.57. The zero-order valence-electron chi connectivity index (χ0n) is 11.7. The lowest BCUT2D eigenvalue weighted by atomic mass is 9.99. The van der Waals surface area contributed by atoms with Crippen molar-refractivity contribution in [1.29, 1.82) is 0 Å². The van der Waals surface area contributed by atoms with E-state index in [1.165, 1.54) is 25.7 Å². The van der Waals surface area contributed by atoms with Crippen LogP contribution in [0.1, 0.15) is 44.3 Å². The Labute approximate surface area is 115 Å². The Morgan fingerprint density at radius 1 is 1.37 bits per heavy atom. The molecule has 0 bridgehead atoms. The first-order valence-electron chi connectivity index (χ1n) is 7.52. The van der Waals surface area contributed by atoms with Gasteiger partial charge in [0.05, 0.1) is 6.61 Å². The van der Waals surface area contributed by atoms with Crippen molar-refractivity contribution in [2.24, 2.45) is 5.92 Å². The van der Waals surface area contributed by atoms with Crippen LogP contribution in [0.25, 0.3) is 0 Å². The van der Waals surface area contributed by atoms with E-state index in [2.05, 4.69) is 22.9 Å². The van der Waals surface area contributed by atoms with Crippen LogP contribution in [0.5, 0.6) is 0 Å². The fourth-order valence-electron chi connectivity index (χ4n) is 2.77. The van der Waals surface area contributed by atoms with Crippen molar-refractivity contribution in [1.82, 2.24) is 9.97 Å². The minimum Gasteiger partial charge on any atom is -0.381 e. The van der Waals surface area contributed by atoms with Gasteiger partial charge in [0.1, 0.15) is 11.6 Å². The van der Waals surface area contributed by atoms with Crippen molar-refractivity contribution in [3.63, 3.8) is 0 Å². The molecular weight excluding hydrogens is 238 g/mol. The average Bonchev–Trinajstić information content (AvgIpc) is 3.30. The van der Waals surface area contributed by atoms with Gasteiger partial charge in [0.25, 0.3) is 0 Å². The number of rotatable bonds is 5. The molecule has 2 fully saturated rings. The number of hydrogen-bond acceptors (Lipinski definition) is 4. The van der Waals surface area contributed by atoms with Gasteiger partial charge >= 0.3 is 0 Å². The van der Waals surface area contributed by atoms with E-state index in [4.69, 9.17) is 9.72 Å². The molecule has 1 aliphatic carbocycles. The minimum atomic E-state index is 0.629. The maximum atomic E-state index is 5.57. The van der Waals surface area contributed by atoms with Gasteiger partial charge < -0.3 is 9.64 Å². The first-order chi connectivity index (χ1) is 9.36. The molecule has 19 heavy (non-hydrogen) atoms. The number of nitrogens with zero attached hydrogens (tertiary/aromatic N) is 3. The number of piperidine rings is 1. The van der Waals surface area contributed by atoms with Crippen LogP contribution in [0, 0.1) is 5.92 Å². The highest BCUT2D eigenvalue weighted by molar-refractivity contribution is 5.38. The molecule has 4 nitrogen and oxygen atoms in total. The minimum absolute atomic E-state index is 0.629. The first-order valence-corrected chi connectivity index (χ1v) is 7.52. The zero-order chi connectivity index (χ0) is 13.1. The summed E-state index contributed by atoms with van der Waals surface area (Å²) in [6, 6.07) is 2.05. The van der Waals surface area contributed by atoms with Gasteiger partial charge in [0.2, 0.25) is 0 Å². The fourth-order valence-corrected chi connectivity index (χ4v) is 2.77. The third kappa shape index (κ3) is 3.24. The molecule has 0 radical (unpaired) electrons. The first kappa shape index (κ1) is 12.9. The molecule has 1 aromatic heterocycles. The van der Waals surface area contributed by atoms with Crippen LogP contribution >= 0.6 is 0 Å². The van der Waals surface area contributed by atoms with Crippen molar-refractivity contribution in [2.45, 2.75) is 38.5 Å². The predicted molar refractivity (Wildman–Crippen MR) is 75.4 cm³/mol. The van der Waals surface area contributed by atoms with E-state index in [1.807, 2.05) is 6.20 Å². The molecular formula is C15H23N3O. The zero-order valence-corrected chi connectivity index (χ0v) is 11.7. The molecule has 3 rings (SSSR count). The molecule has 0 amide bonds. The van der Waals surface area contributed by atoms with Gasteiger partial charge in [-0.15, -0.1) is 0 Å². The van der Waals surface area contributed by atoms with Gasteiger partial charge in [-0.05, 0) is 44.6 Å². The summed E-state index contributed by atoms with van der Waals surface area (Å²) in [7, 11) is 0.